The molecule has 0 nitrogen and oxygen atoms in total. The normalized spacial score (nSPS) is 17.2. The fourth-order valence-corrected chi connectivity index (χ4v) is 4.26. The number of rotatable bonds is 2. The van der Waals surface area contributed by atoms with Crippen molar-refractivity contribution in [2.75, 3.05) is 0 Å². The van der Waals surface area contributed by atoms with Gasteiger partial charge in [-0.3, -0.25) is 0 Å². The summed E-state index contributed by atoms with van der Waals surface area (Å²) in [6, 6.07) is 0. The molecule has 0 spiro atoms. The minimum Gasteiger partial charge on any atom is -0.107 e. The van der Waals surface area contributed by atoms with Crippen LogP contribution in [0.2, 0.25) is 0 Å². The average molecular weight is 477 g/mol. The summed E-state index contributed by atoms with van der Waals surface area (Å²) in [5.74, 6) is 0. The van der Waals surface area contributed by atoms with Gasteiger partial charge in [-0.05, 0) is 0 Å². The second-order valence-electron chi connectivity index (χ2n) is 2.77. The molecular weight excluding hydrogens is 465 g/mol. The SMILES string of the molecule is C1=CC[C]([Zr][C]2=CC=CC2)=C1.I.I. The Labute approximate surface area is 125 Å². The maximum absolute atomic E-state index is 2.31. The molecule has 3 heteroatoms. The smallest absolute Gasteiger partial charge is 0.107 e. The first-order valence-electron chi connectivity index (χ1n) is 3.93. The molecular formula is C10H12I2Zr. The van der Waals surface area contributed by atoms with Gasteiger partial charge in [-0.25, -0.2) is 0 Å². The Morgan fingerprint density at radius 2 is 1.31 bits per heavy atom. The van der Waals surface area contributed by atoms with E-state index in [1.807, 2.05) is 0 Å². The maximum Gasteiger partial charge on any atom is -0.107 e. The zero-order chi connectivity index (χ0) is 7.52. The summed E-state index contributed by atoms with van der Waals surface area (Å²) in [6.45, 7) is 0. The van der Waals surface area contributed by atoms with E-state index in [4.69, 9.17) is 0 Å². The van der Waals surface area contributed by atoms with E-state index < -0.39 is 0 Å². The third-order valence-corrected chi connectivity index (χ3v) is 5.27. The van der Waals surface area contributed by atoms with Crippen molar-refractivity contribution in [3.63, 3.8) is 0 Å². The topological polar surface area (TPSA) is 0 Å². The van der Waals surface area contributed by atoms with Gasteiger partial charge in [-0.2, -0.15) is 0 Å². The first-order valence-corrected chi connectivity index (χ1v) is 6.39. The van der Waals surface area contributed by atoms with Crippen molar-refractivity contribution in [3.8, 4) is 0 Å². The minimum absolute atomic E-state index is 0. The molecule has 0 bridgehead atoms. The van der Waals surface area contributed by atoms with E-state index in [9.17, 15) is 0 Å². The van der Waals surface area contributed by atoms with E-state index in [2.05, 4.69) is 36.5 Å². The molecule has 0 unspecified atom stereocenters. The molecule has 0 aromatic rings. The summed E-state index contributed by atoms with van der Waals surface area (Å²) in [4.78, 5) is 0. The molecule has 70 valence electrons. The monoisotopic (exact) mass is 476 g/mol. The molecule has 0 saturated carbocycles. The summed E-state index contributed by atoms with van der Waals surface area (Å²) >= 11 is -0.312. The Balaban J connectivity index is 0.000000720. The Kier molecular flexibility index (Phi) is 8.34. The molecule has 2 aliphatic carbocycles. The van der Waals surface area contributed by atoms with Crippen LogP contribution in [0.4, 0.5) is 0 Å². The van der Waals surface area contributed by atoms with Crippen molar-refractivity contribution < 1.29 is 23.2 Å². The van der Waals surface area contributed by atoms with Gasteiger partial charge < -0.3 is 0 Å². The van der Waals surface area contributed by atoms with Crippen LogP contribution in [0.3, 0.4) is 0 Å². The van der Waals surface area contributed by atoms with Crippen LogP contribution >= 0.6 is 48.0 Å². The van der Waals surface area contributed by atoms with Gasteiger partial charge in [0.05, 0.1) is 0 Å². The van der Waals surface area contributed by atoms with Crippen LogP contribution in [-0.4, -0.2) is 0 Å². The van der Waals surface area contributed by atoms with Crippen molar-refractivity contribution in [1.29, 1.82) is 0 Å². The van der Waals surface area contributed by atoms with E-state index in [1.54, 1.807) is 6.56 Å². The molecule has 0 heterocycles. The van der Waals surface area contributed by atoms with E-state index in [1.165, 1.54) is 12.8 Å². The summed E-state index contributed by atoms with van der Waals surface area (Å²) in [5, 5.41) is 0. The quantitative estimate of drug-likeness (QED) is 0.528. The molecule has 2 aliphatic rings. The van der Waals surface area contributed by atoms with Crippen molar-refractivity contribution >= 4 is 48.0 Å². The second-order valence-corrected chi connectivity index (χ2v) is 6.55. The summed E-state index contributed by atoms with van der Waals surface area (Å²) < 4.78 is 3.45. The molecule has 0 aromatic carbocycles. The van der Waals surface area contributed by atoms with Gasteiger partial charge in [0.2, 0.25) is 0 Å². The van der Waals surface area contributed by atoms with Gasteiger partial charge in [0, 0.05) is 0 Å². The predicted molar refractivity (Wildman–Crippen MR) is 74.5 cm³/mol. The molecule has 0 aliphatic heterocycles. The van der Waals surface area contributed by atoms with E-state index in [0.717, 1.165) is 0 Å². The van der Waals surface area contributed by atoms with Crippen molar-refractivity contribution in [2.24, 2.45) is 0 Å². The maximum atomic E-state index is 2.31. The largest absolute Gasteiger partial charge is 0.107 e. The standard InChI is InChI=1S/2C5H5.2HI.Zr/c2*1-2-4-5-3-1;;;/h2*1-3H,4H2;2*1H;. The molecule has 0 saturated heterocycles. The van der Waals surface area contributed by atoms with Crippen molar-refractivity contribution in [2.45, 2.75) is 12.8 Å². The molecule has 13 heavy (non-hydrogen) atoms. The third kappa shape index (κ3) is 4.56. The van der Waals surface area contributed by atoms with Crippen molar-refractivity contribution in [1.82, 2.24) is 0 Å². The van der Waals surface area contributed by atoms with E-state index in [0.29, 0.717) is 0 Å². The zero-order valence-corrected chi connectivity index (χ0v) is 14.3. The number of allylic oxidation sites excluding steroid dienone is 8. The van der Waals surface area contributed by atoms with Gasteiger partial charge in [0.15, 0.2) is 0 Å². The average Bonchev–Trinajstić information content (AvgIpc) is 2.60. The van der Waals surface area contributed by atoms with Crippen LogP contribution in [0.1, 0.15) is 12.8 Å². The molecule has 0 atom stereocenters. The van der Waals surface area contributed by atoms with Crippen molar-refractivity contribution in [3.05, 3.63) is 43.0 Å². The molecule has 0 fully saturated rings. The third-order valence-electron chi connectivity index (χ3n) is 1.86. The van der Waals surface area contributed by atoms with Gasteiger partial charge in [-0.1, -0.05) is 0 Å². The first kappa shape index (κ1) is 14.3. The summed E-state index contributed by atoms with van der Waals surface area (Å²) in [6.07, 6.45) is 16.0. The van der Waals surface area contributed by atoms with Crippen LogP contribution in [0.15, 0.2) is 43.0 Å². The number of halogens is 2. The van der Waals surface area contributed by atoms with Gasteiger partial charge in [-0.15, -0.1) is 48.0 Å². The van der Waals surface area contributed by atoms with E-state index in [-0.39, 0.29) is 71.2 Å². The van der Waals surface area contributed by atoms with Gasteiger partial charge in [0.1, 0.15) is 0 Å². The Bertz CT molecular complexity index is 247. The molecule has 0 N–H and O–H groups in total. The minimum atomic E-state index is -0.312. The molecule has 0 radical (unpaired) electrons. The Hall–Kier alpha value is 1.30. The molecule has 2 rings (SSSR count). The Morgan fingerprint density at radius 1 is 0.846 bits per heavy atom. The van der Waals surface area contributed by atoms with Gasteiger partial charge in [0.25, 0.3) is 0 Å². The number of hydrogen-bond donors (Lipinski definition) is 0. The first-order chi connectivity index (χ1) is 5.45. The van der Waals surface area contributed by atoms with Gasteiger partial charge >= 0.3 is 79.1 Å². The second kappa shape index (κ2) is 7.58. The zero-order valence-electron chi connectivity index (χ0n) is 7.19. The van der Waals surface area contributed by atoms with Crippen LogP contribution < -0.4 is 0 Å². The summed E-state index contributed by atoms with van der Waals surface area (Å²) in [7, 11) is 0. The van der Waals surface area contributed by atoms with Crippen LogP contribution in [0.25, 0.3) is 0 Å². The van der Waals surface area contributed by atoms with Crippen LogP contribution in [0, 0.1) is 0 Å². The van der Waals surface area contributed by atoms with Crippen LogP contribution in [0.5, 0.6) is 0 Å². The number of hydrogen-bond acceptors (Lipinski definition) is 0. The predicted octanol–water partition coefficient (Wildman–Crippen LogP) is 3.99. The Morgan fingerprint density at radius 3 is 1.62 bits per heavy atom. The van der Waals surface area contributed by atoms with Crippen LogP contribution in [-0.2, 0) is 23.2 Å². The fraction of sp³-hybridized carbons (Fsp3) is 0.200. The molecule has 0 aromatic heterocycles. The van der Waals surface area contributed by atoms with E-state index >= 15 is 0 Å². The summed E-state index contributed by atoms with van der Waals surface area (Å²) in [5.41, 5.74) is 0. The fourth-order valence-electron chi connectivity index (χ4n) is 1.29. The molecule has 0 amide bonds.